The third kappa shape index (κ3) is 5.42. The number of benzene rings is 2. The van der Waals surface area contributed by atoms with E-state index in [9.17, 15) is 19.7 Å². The van der Waals surface area contributed by atoms with Crippen LogP contribution in [0, 0.1) is 10.1 Å². The van der Waals surface area contributed by atoms with Crippen LogP contribution in [0.1, 0.15) is 15.9 Å². The molecule has 2 rings (SSSR count). The van der Waals surface area contributed by atoms with E-state index in [4.69, 9.17) is 16.3 Å². The van der Waals surface area contributed by atoms with Crippen LogP contribution in [0.2, 0.25) is 5.02 Å². The van der Waals surface area contributed by atoms with Crippen LogP contribution in [0.5, 0.6) is 0 Å². The fourth-order valence-corrected chi connectivity index (χ4v) is 2.43. The Kier molecular flexibility index (Phi) is 6.73. The lowest BCUT2D eigenvalue weighted by atomic mass is 10.1. The van der Waals surface area contributed by atoms with Crippen molar-refractivity contribution in [1.29, 1.82) is 0 Å². The minimum Gasteiger partial charge on any atom is -0.452 e. The Morgan fingerprint density at radius 1 is 1.22 bits per heavy atom. The summed E-state index contributed by atoms with van der Waals surface area (Å²) in [5, 5.41) is 14.2. The molecular formula is C18H18ClN3O5. The summed E-state index contributed by atoms with van der Waals surface area (Å²) in [4.78, 5) is 36.1. The smallest absolute Gasteiger partial charge is 0.341 e. The number of ether oxygens (including phenoxy) is 1. The molecule has 27 heavy (non-hydrogen) atoms. The zero-order chi connectivity index (χ0) is 20.0. The first-order chi connectivity index (χ1) is 12.8. The van der Waals surface area contributed by atoms with Crippen molar-refractivity contribution >= 4 is 34.9 Å². The number of hydrogen-bond donors (Lipinski definition) is 1. The maximum Gasteiger partial charge on any atom is 0.341 e. The van der Waals surface area contributed by atoms with Crippen molar-refractivity contribution < 1.29 is 19.2 Å². The summed E-state index contributed by atoms with van der Waals surface area (Å²) < 4.78 is 5.03. The Hall–Kier alpha value is -3.13. The topological polar surface area (TPSA) is 102 Å². The second-order valence-corrected chi connectivity index (χ2v) is 6.13. The number of nitro benzene ring substituents is 1. The van der Waals surface area contributed by atoms with Crippen molar-refractivity contribution in [3.8, 4) is 0 Å². The van der Waals surface area contributed by atoms with Gasteiger partial charge in [-0.15, -0.1) is 0 Å². The molecule has 2 aromatic carbocycles. The molecule has 0 saturated carbocycles. The Morgan fingerprint density at radius 3 is 2.48 bits per heavy atom. The predicted molar refractivity (Wildman–Crippen MR) is 101 cm³/mol. The van der Waals surface area contributed by atoms with Crippen molar-refractivity contribution in [2.75, 3.05) is 26.0 Å². The summed E-state index contributed by atoms with van der Waals surface area (Å²) >= 11 is 5.82. The summed E-state index contributed by atoms with van der Waals surface area (Å²) in [6.07, 6.45) is 0. The summed E-state index contributed by atoms with van der Waals surface area (Å²) in [5.74, 6) is -1.23. The van der Waals surface area contributed by atoms with Crippen LogP contribution in [-0.2, 0) is 16.1 Å². The van der Waals surface area contributed by atoms with Crippen LogP contribution in [0.15, 0.2) is 42.5 Å². The molecule has 1 amide bonds. The number of rotatable bonds is 7. The van der Waals surface area contributed by atoms with Gasteiger partial charge < -0.3 is 15.0 Å². The lowest BCUT2D eigenvalue weighted by molar-refractivity contribution is -0.384. The van der Waals surface area contributed by atoms with Gasteiger partial charge in [0, 0.05) is 43.5 Å². The average molecular weight is 392 g/mol. The predicted octanol–water partition coefficient (Wildman–Crippen LogP) is 3.11. The molecule has 0 fully saturated rings. The van der Waals surface area contributed by atoms with Gasteiger partial charge in [0.15, 0.2) is 6.61 Å². The first-order valence-electron chi connectivity index (χ1n) is 7.93. The molecule has 1 N–H and O–H groups in total. The number of anilines is 1. The summed E-state index contributed by atoms with van der Waals surface area (Å²) in [6.45, 7) is -0.152. The Morgan fingerprint density at radius 2 is 1.89 bits per heavy atom. The lowest BCUT2D eigenvalue weighted by Gasteiger charge is -2.17. The second-order valence-electron chi connectivity index (χ2n) is 5.69. The van der Waals surface area contributed by atoms with E-state index in [-0.39, 0.29) is 11.3 Å². The standard InChI is InChI=1S/C18H18ClN3O5/c1-20-16-8-7-14(22(25)26)9-15(16)18(24)27-11-17(23)21(2)10-12-3-5-13(19)6-4-12/h3-9,20H,10-11H2,1-2H3. The van der Waals surface area contributed by atoms with Crippen molar-refractivity contribution in [3.63, 3.8) is 0 Å². The van der Waals surface area contributed by atoms with Gasteiger partial charge in [-0.3, -0.25) is 14.9 Å². The van der Waals surface area contributed by atoms with Crippen LogP contribution in [-0.4, -0.2) is 42.4 Å². The van der Waals surface area contributed by atoms with Crippen LogP contribution in [0.25, 0.3) is 0 Å². The number of amides is 1. The largest absolute Gasteiger partial charge is 0.452 e. The molecule has 2 aromatic rings. The number of carbonyl (C=O) groups excluding carboxylic acids is 2. The minimum absolute atomic E-state index is 0.0140. The highest BCUT2D eigenvalue weighted by Crippen LogP contribution is 2.22. The number of halogens is 1. The quantitative estimate of drug-likeness (QED) is 0.442. The van der Waals surface area contributed by atoms with E-state index in [2.05, 4.69) is 5.32 Å². The van der Waals surface area contributed by atoms with Crippen LogP contribution in [0.4, 0.5) is 11.4 Å². The van der Waals surface area contributed by atoms with E-state index in [1.807, 2.05) is 0 Å². The van der Waals surface area contributed by atoms with E-state index < -0.39 is 23.4 Å². The van der Waals surface area contributed by atoms with Crippen LogP contribution < -0.4 is 5.32 Å². The summed E-state index contributed by atoms with van der Waals surface area (Å²) in [6, 6.07) is 10.8. The van der Waals surface area contributed by atoms with Crippen LogP contribution in [0.3, 0.4) is 0 Å². The maximum absolute atomic E-state index is 12.3. The summed E-state index contributed by atoms with van der Waals surface area (Å²) in [7, 11) is 3.15. The van der Waals surface area contributed by atoms with Gasteiger partial charge in [0.25, 0.3) is 11.6 Å². The highest BCUT2D eigenvalue weighted by Gasteiger charge is 2.19. The summed E-state index contributed by atoms with van der Waals surface area (Å²) in [5.41, 5.74) is 0.984. The van der Waals surface area contributed by atoms with Crippen molar-refractivity contribution in [2.24, 2.45) is 0 Å². The van der Waals surface area contributed by atoms with Crippen LogP contribution >= 0.6 is 11.6 Å². The fourth-order valence-electron chi connectivity index (χ4n) is 2.30. The highest BCUT2D eigenvalue weighted by molar-refractivity contribution is 6.30. The lowest BCUT2D eigenvalue weighted by Crippen LogP contribution is -2.30. The number of carbonyl (C=O) groups is 2. The molecule has 8 nitrogen and oxygen atoms in total. The third-order valence-corrected chi connectivity index (χ3v) is 4.04. The van der Waals surface area contributed by atoms with Gasteiger partial charge in [-0.25, -0.2) is 4.79 Å². The van der Waals surface area contributed by atoms with Gasteiger partial charge in [-0.2, -0.15) is 0 Å². The molecule has 142 valence electrons. The Bertz CT molecular complexity index is 855. The molecule has 0 unspecified atom stereocenters. The van der Waals surface area contributed by atoms with Gasteiger partial charge in [0.05, 0.1) is 10.5 Å². The highest BCUT2D eigenvalue weighted by atomic mass is 35.5. The minimum atomic E-state index is -0.823. The van der Waals surface area contributed by atoms with E-state index in [0.29, 0.717) is 17.3 Å². The molecule has 0 bridgehead atoms. The number of non-ortho nitro benzene ring substituents is 1. The van der Waals surface area contributed by atoms with Crippen molar-refractivity contribution in [3.05, 3.63) is 68.7 Å². The van der Waals surface area contributed by atoms with Gasteiger partial charge in [0.2, 0.25) is 0 Å². The van der Waals surface area contributed by atoms with Gasteiger partial charge in [0.1, 0.15) is 0 Å². The van der Waals surface area contributed by atoms with E-state index in [1.165, 1.54) is 17.0 Å². The molecule has 0 spiro atoms. The molecule has 0 saturated heterocycles. The molecule has 0 atom stereocenters. The average Bonchev–Trinajstić information content (AvgIpc) is 2.66. The van der Waals surface area contributed by atoms with Crippen molar-refractivity contribution in [2.45, 2.75) is 6.54 Å². The zero-order valence-electron chi connectivity index (χ0n) is 14.8. The number of likely N-dealkylation sites (N-methyl/N-ethyl adjacent to an activating group) is 1. The van der Waals surface area contributed by atoms with Gasteiger partial charge >= 0.3 is 5.97 Å². The third-order valence-electron chi connectivity index (χ3n) is 3.79. The molecular weight excluding hydrogens is 374 g/mol. The first-order valence-corrected chi connectivity index (χ1v) is 8.31. The Balaban J connectivity index is 1.99. The first kappa shape index (κ1) is 20.2. The number of esters is 1. The van der Waals surface area contributed by atoms with E-state index >= 15 is 0 Å². The normalized spacial score (nSPS) is 10.2. The van der Waals surface area contributed by atoms with E-state index in [1.54, 1.807) is 38.4 Å². The van der Waals surface area contributed by atoms with Gasteiger partial charge in [-0.1, -0.05) is 23.7 Å². The Labute approximate surface area is 160 Å². The van der Waals surface area contributed by atoms with E-state index in [0.717, 1.165) is 11.6 Å². The molecule has 0 aliphatic rings. The fraction of sp³-hybridized carbons (Fsp3) is 0.222. The monoisotopic (exact) mass is 391 g/mol. The molecule has 0 aliphatic heterocycles. The zero-order valence-corrected chi connectivity index (χ0v) is 15.5. The molecule has 9 heteroatoms. The van der Waals surface area contributed by atoms with Crippen molar-refractivity contribution in [1.82, 2.24) is 4.90 Å². The molecule has 0 aromatic heterocycles. The molecule has 0 heterocycles. The van der Waals surface area contributed by atoms with Gasteiger partial charge in [-0.05, 0) is 23.8 Å². The number of nitrogens with one attached hydrogen (secondary N) is 1. The molecule has 0 radical (unpaired) electrons. The molecule has 0 aliphatic carbocycles. The number of nitro groups is 1. The SMILES string of the molecule is CNc1ccc([N+](=O)[O-])cc1C(=O)OCC(=O)N(C)Cc1ccc(Cl)cc1. The number of nitrogens with zero attached hydrogens (tertiary/aromatic N) is 2. The second kappa shape index (κ2) is 9.00. The maximum atomic E-state index is 12.3. The number of hydrogen-bond acceptors (Lipinski definition) is 6.